The molecular formula is C30H36N4O5S. The zero-order chi connectivity index (χ0) is 28.3. The highest BCUT2D eigenvalue weighted by atomic mass is 32.1. The number of fused-ring (bicyclic) bond motifs is 1. The van der Waals surface area contributed by atoms with Crippen LogP contribution in [0.15, 0.2) is 34.6 Å². The minimum atomic E-state index is -0.652. The molecule has 1 aliphatic carbocycles. The van der Waals surface area contributed by atoms with Gasteiger partial charge in [0.15, 0.2) is 0 Å². The topological polar surface area (TPSA) is 103 Å². The Hall–Kier alpha value is -3.53. The number of pyridine rings is 1. The Bertz CT molecular complexity index is 1470. The van der Waals surface area contributed by atoms with Crippen molar-refractivity contribution in [2.24, 2.45) is 0 Å². The molecule has 0 amide bonds. The summed E-state index contributed by atoms with van der Waals surface area (Å²) in [7, 11) is 0. The molecule has 3 aromatic rings. The van der Waals surface area contributed by atoms with E-state index in [-0.39, 0.29) is 17.2 Å². The molecule has 0 N–H and O–H groups in total. The van der Waals surface area contributed by atoms with Crippen LogP contribution in [0.2, 0.25) is 0 Å². The molecule has 10 heteroatoms. The van der Waals surface area contributed by atoms with Gasteiger partial charge in [-0.25, -0.2) is 14.8 Å². The number of carbonyl (C=O) groups excluding carboxylic acids is 2. The van der Waals surface area contributed by atoms with Crippen molar-refractivity contribution < 1.29 is 19.1 Å². The third-order valence-electron chi connectivity index (χ3n) is 7.35. The Labute approximate surface area is 237 Å². The number of aromatic nitrogens is 3. The average Bonchev–Trinajstić information content (AvgIpc) is 3.33. The molecule has 0 spiro atoms. The zero-order valence-corrected chi connectivity index (χ0v) is 24.1. The minimum absolute atomic E-state index is 0.283. The van der Waals surface area contributed by atoms with Gasteiger partial charge in [0.2, 0.25) is 0 Å². The first kappa shape index (κ1) is 28.0. The van der Waals surface area contributed by atoms with Crippen molar-refractivity contribution in [2.75, 3.05) is 18.0 Å². The number of rotatable bonds is 9. The number of nitrogens with zero attached hydrogens (tertiary/aromatic N) is 4. The molecule has 1 aliphatic heterocycles. The van der Waals surface area contributed by atoms with Crippen LogP contribution in [0.25, 0.3) is 11.7 Å². The summed E-state index contributed by atoms with van der Waals surface area (Å²) in [6, 6.07) is 3.88. The number of esters is 1. The molecule has 9 nitrogen and oxygen atoms in total. The van der Waals surface area contributed by atoms with Crippen molar-refractivity contribution in [3.05, 3.63) is 62.0 Å². The van der Waals surface area contributed by atoms with E-state index in [1.54, 1.807) is 38.3 Å². The number of aryl methyl sites for hydroxylation is 2. The fourth-order valence-corrected chi connectivity index (χ4v) is 5.99. The highest BCUT2D eigenvalue weighted by Crippen LogP contribution is 2.36. The molecule has 40 heavy (non-hydrogen) atoms. The summed E-state index contributed by atoms with van der Waals surface area (Å²) in [4.78, 5) is 48.8. The number of hydrogen-bond acceptors (Lipinski definition) is 9. The summed E-state index contributed by atoms with van der Waals surface area (Å²) in [6.07, 6.45) is 11.1. The van der Waals surface area contributed by atoms with Gasteiger partial charge in [0.1, 0.15) is 23.2 Å². The predicted octanol–water partition coefficient (Wildman–Crippen LogP) is 4.70. The number of piperidine rings is 1. The Balaban J connectivity index is 1.44. The second-order valence-corrected chi connectivity index (χ2v) is 12.5. The van der Waals surface area contributed by atoms with Gasteiger partial charge in [-0.2, -0.15) is 0 Å². The fraction of sp³-hybridized carbons (Fsp3) is 0.500. The maximum Gasteiger partial charge on any atom is 0.331 e. The SMILES string of the molecule is CC(C)(C)OC(=O)/C=C/c1c(N2CCCC(OC=O)C2)nc2cc(CCc3nc(C4CCC4)cs3)ccn2c1=O. The highest BCUT2D eigenvalue weighted by molar-refractivity contribution is 7.09. The second-order valence-electron chi connectivity index (χ2n) is 11.5. The van der Waals surface area contributed by atoms with E-state index in [0.29, 0.717) is 36.9 Å². The van der Waals surface area contributed by atoms with Gasteiger partial charge < -0.3 is 14.4 Å². The van der Waals surface area contributed by atoms with Gasteiger partial charge in [-0.15, -0.1) is 11.3 Å². The largest absolute Gasteiger partial charge is 0.463 e. The van der Waals surface area contributed by atoms with Gasteiger partial charge >= 0.3 is 5.97 Å². The summed E-state index contributed by atoms with van der Waals surface area (Å²) in [5, 5.41) is 3.32. The van der Waals surface area contributed by atoms with Crippen LogP contribution >= 0.6 is 11.3 Å². The van der Waals surface area contributed by atoms with Crippen molar-refractivity contribution in [1.29, 1.82) is 0 Å². The van der Waals surface area contributed by atoms with Crippen LogP contribution in [0.4, 0.5) is 5.82 Å². The van der Waals surface area contributed by atoms with Crippen LogP contribution in [0.5, 0.6) is 0 Å². The maximum absolute atomic E-state index is 13.7. The molecule has 2 fully saturated rings. The number of hydrogen-bond donors (Lipinski definition) is 0. The maximum atomic E-state index is 13.7. The summed E-state index contributed by atoms with van der Waals surface area (Å²) >= 11 is 1.72. The van der Waals surface area contributed by atoms with Gasteiger partial charge in [0.25, 0.3) is 12.0 Å². The second kappa shape index (κ2) is 11.9. The lowest BCUT2D eigenvalue weighted by Gasteiger charge is -2.33. The van der Waals surface area contributed by atoms with Crippen LogP contribution in [0, 0.1) is 0 Å². The Morgan fingerprint density at radius 2 is 2.00 bits per heavy atom. The molecule has 0 bridgehead atoms. The summed E-state index contributed by atoms with van der Waals surface area (Å²) in [5.41, 5.74) is 2.17. The molecule has 5 rings (SSSR count). The van der Waals surface area contributed by atoms with E-state index in [1.807, 2.05) is 17.0 Å². The Kier molecular flexibility index (Phi) is 8.35. The smallest absolute Gasteiger partial charge is 0.331 e. The first-order chi connectivity index (χ1) is 19.2. The highest BCUT2D eigenvalue weighted by Gasteiger charge is 2.26. The Morgan fingerprint density at radius 3 is 2.73 bits per heavy atom. The van der Waals surface area contributed by atoms with Crippen LogP contribution in [0.1, 0.15) is 80.6 Å². The number of anilines is 1. The van der Waals surface area contributed by atoms with Gasteiger partial charge in [0.05, 0.1) is 22.8 Å². The van der Waals surface area contributed by atoms with Crippen molar-refractivity contribution in [2.45, 2.75) is 83.3 Å². The van der Waals surface area contributed by atoms with Gasteiger partial charge in [-0.05, 0) is 76.6 Å². The predicted molar refractivity (Wildman–Crippen MR) is 155 cm³/mol. The zero-order valence-electron chi connectivity index (χ0n) is 23.3. The molecule has 0 aromatic carbocycles. The van der Waals surface area contributed by atoms with E-state index in [9.17, 15) is 14.4 Å². The number of thiazole rings is 1. The van der Waals surface area contributed by atoms with E-state index in [4.69, 9.17) is 19.4 Å². The number of ether oxygens (including phenoxy) is 2. The lowest BCUT2D eigenvalue weighted by molar-refractivity contribution is -0.148. The quantitative estimate of drug-likeness (QED) is 0.209. The third kappa shape index (κ3) is 6.60. The third-order valence-corrected chi connectivity index (χ3v) is 8.28. The first-order valence-corrected chi connectivity index (χ1v) is 14.8. The molecule has 1 saturated heterocycles. The van der Waals surface area contributed by atoms with Crippen molar-refractivity contribution in [3.63, 3.8) is 0 Å². The van der Waals surface area contributed by atoms with Crippen LogP contribution in [0.3, 0.4) is 0 Å². The standard InChI is InChI=1S/C30H36N4O5S/c1-30(2,3)39-27(36)12-10-23-28(33-14-5-8-22(17-33)38-19-35)32-25-16-20(13-15-34(25)29(23)37)9-11-26-31-24(18-40-26)21-6-4-7-21/h10,12-13,15-16,18-19,21-22H,4-9,11,14,17H2,1-3H3/b12-10+. The van der Waals surface area contributed by atoms with Gasteiger partial charge in [-0.1, -0.05) is 6.42 Å². The molecular weight excluding hydrogens is 528 g/mol. The van der Waals surface area contributed by atoms with E-state index < -0.39 is 11.6 Å². The van der Waals surface area contributed by atoms with E-state index in [0.717, 1.165) is 36.3 Å². The molecule has 2 aliphatic rings. The molecule has 3 aromatic heterocycles. The van der Waals surface area contributed by atoms with Crippen molar-refractivity contribution in [3.8, 4) is 0 Å². The summed E-state index contributed by atoms with van der Waals surface area (Å²) in [6.45, 7) is 6.90. The molecule has 4 heterocycles. The molecule has 212 valence electrons. The summed E-state index contributed by atoms with van der Waals surface area (Å²) in [5.74, 6) is 0.554. The lowest BCUT2D eigenvalue weighted by atomic mass is 9.83. The van der Waals surface area contributed by atoms with Crippen molar-refractivity contribution in [1.82, 2.24) is 14.4 Å². The molecule has 1 saturated carbocycles. The van der Waals surface area contributed by atoms with E-state index >= 15 is 0 Å². The van der Waals surface area contributed by atoms with Crippen LogP contribution in [-0.2, 0) is 31.9 Å². The normalized spacial score (nSPS) is 18.2. The molecule has 0 radical (unpaired) electrons. The molecule has 1 atom stereocenters. The average molecular weight is 565 g/mol. The minimum Gasteiger partial charge on any atom is -0.463 e. The lowest BCUT2D eigenvalue weighted by Crippen LogP contribution is -2.41. The van der Waals surface area contributed by atoms with E-state index in [1.165, 1.54) is 41.5 Å². The van der Waals surface area contributed by atoms with E-state index in [2.05, 4.69) is 5.38 Å². The van der Waals surface area contributed by atoms with Gasteiger partial charge in [-0.3, -0.25) is 14.0 Å². The number of carbonyl (C=O) groups is 2. The summed E-state index contributed by atoms with van der Waals surface area (Å²) < 4.78 is 12.1. The Morgan fingerprint density at radius 1 is 1.18 bits per heavy atom. The van der Waals surface area contributed by atoms with Crippen LogP contribution < -0.4 is 10.5 Å². The van der Waals surface area contributed by atoms with Gasteiger partial charge in [0, 0.05) is 36.5 Å². The van der Waals surface area contributed by atoms with Crippen LogP contribution in [-0.4, -0.2) is 51.6 Å². The molecule has 1 unspecified atom stereocenters. The van der Waals surface area contributed by atoms with Crippen molar-refractivity contribution >= 4 is 41.3 Å². The fourth-order valence-electron chi connectivity index (χ4n) is 5.11. The first-order valence-electron chi connectivity index (χ1n) is 13.9. The monoisotopic (exact) mass is 564 g/mol.